The Balaban J connectivity index is 1.87. The monoisotopic (exact) mass is 634 g/mol. The molecule has 30 heavy (non-hydrogen) atoms. The van der Waals surface area contributed by atoms with Crippen molar-refractivity contribution in [2.75, 3.05) is 17.7 Å². The molecule has 0 bridgehead atoms. The summed E-state index contributed by atoms with van der Waals surface area (Å²) < 4.78 is 33.6. The Morgan fingerprint density at radius 1 is 0.800 bits per heavy atom. The van der Waals surface area contributed by atoms with Crippen LogP contribution in [0.2, 0.25) is 0 Å². The molecule has 0 aliphatic heterocycles. The first-order valence-electron chi connectivity index (χ1n) is 8.48. The molecule has 0 aliphatic rings. The van der Waals surface area contributed by atoms with E-state index in [0.717, 1.165) is 0 Å². The predicted molar refractivity (Wildman–Crippen MR) is 127 cm³/mol. The third-order valence-corrected chi connectivity index (χ3v) is 5.19. The van der Waals surface area contributed by atoms with Crippen LogP contribution < -0.4 is 15.4 Å². The number of halogens is 4. The summed E-state index contributed by atoms with van der Waals surface area (Å²) in [5.74, 6) is -1.80. The molecule has 0 atom stereocenters. The second kappa shape index (κ2) is 9.69. The first-order chi connectivity index (χ1) is 14.2. The molecule has 154 valence electrons. The van der Waals surface area contributed by atoms with E-state index < -0.39 is 23.4 Å². The van der Waals surface area contributed by atoms with Gasteiger partial charge in [-0.3, -0.25) is 9.59 Å². The van der Waals surface area contributed by atoms with Crippen molar-refractivity contribution in [2.24, 2.45) is 0 Å². The van der Waals surface area contributed by atoms with Crippen LogP contribution in [0.5, 0.6) is 5.75 Å². The topological polar surface area (TPSA) is 67.4 Å². The largest absolute Gasteiger partial charge is 0.496 e. The van der Waals surface area contributed by atoms with Crippen LogP contribution in [0, 0.1) is 18.8 Å². The standard InChI is InChI=1S/C21H14F2I2N2O3/c1-30-19-3-2-11(20(28)26-16-7-12(22)5-14(24)9-16)4-18(19)21(29)27-17-8-13(23)6-15(25)10-17/h2-10H,1H3,(H,26,28)(H,27,29). The van der Waals surface area contributed by atoms with Gasteiger partial charge in [-0.25, -0.2) is 8.78 Å². The van der Waals surface area contributed by atoms with Crippen molar-refractivity contribution in [1.29, 1.82) is 0 Å². The molecule has 5 nitrogen and oxygen atoms in total. The third kappa shape index (κ3) is 5.65. The summed E-state index contributed by atoms with van der Waals surface area (Å²) in [5, 5.41) is 5.20. The molecule has 0 radical (unpaired) electrons. The van der Waals surface area contributed by atoms with Crippen molar-refractivity contribution in [2.45, 2.75) is 0 Å². The number of hydrogen-bond acceptors (Lipinski definition) is 3. The molecule has 0 spiro atoms. The van der Waals surface area contributed by atoms with Crippen molar-refractivity contribution in [3.63, 3.8) is 0 Å². The Hall–Kier alpha value is -2.28. The Morgan fingerprint density at radius 3 is 1.83 bits per heavy atom. The smallest absolute Gasteiger partial charge is 0.259 e. The van der Waals surface area contributed by atoms with Gasteiger partial charge < -0.3 is 15.4 Å². The Kier molecular flexibility index (Phi) is 7.23. The zero-order valence-corrected chi connectivity index (χ0v) is 19.7. The van der Waals surface area contributed by atoms with Crippen LogP contribution in [0.25, 0.3) is 0 Å². The highest BCUT2D eigenvalue weighted by molar-refractivity contribution is 14.1. The van der Waals surface area contributed by atoms with E-state index >= 15 is 0 Å². The minimum absolute atomic E-state index is 0.0956. The fourth-order valence-electron chi connectivity index (χ4n) is 2.68. The maximum Gasteiger partial charge on any atom is 0.259 e. The van der Waals surface area contributed by atoms with Crippen molar-refractivity contribution in [1.82, 2.24) is 0 Å². The van der Waals surface area contributed by atoms with Crippen molar-refractivity contribution >= 4 is 68.4 Å². The van der Waals surface area contributed by atoms with Crippen LogP contribution in [0.3, 0.4) is 0 Å². The molecule has 0 heterocycles. The van der Waals surface area contributed by atoms with Gasteiger partial charge in [-0.15, -0.1) is 0 Å². The van der Waals surface area contributed by atoms with E-state index in [-0.39, 0.29) is 22.6 Å². The van der Waals surface area contributed by atoms with Gasteiger partial charge in [0.1, 0.15) is 17.4 Å². The first kappa shape index (κ1) is 22.4. The summed E-state index contributed by atoms with van der Waals surface area (Å²) in [6.07, 6.45) is 0. The number of nitrogens with one attached hydrogen (secondary N) is 2. The number of hydrogen-bond donors (Lipinski definition) is 2. The van der Waals surface area contributed by atoms with Crippen molar-refractivity contribution in [3.8, 4) is 5.75 Å². The van der Waals surface area contributed by atoms with Crippen molar-refractivity contribution < 1.29 is 23.1 Å². The van der Waals surface area contributed by atoms with Gasteiger partial charge in [0.15, 0.2) is 0 Å². The number of rotatable bonds is 5. The van der Waals surface area contributed by atoms with E-state index in [1.165, 1.54) is 49.6 Å². The van der Waals surface area contributed by atoms with Gasteiger partial charge in [0, 0.05) is 24.1 Å². The first-order valence-corrected chi connectivity index (χ1v) is 10.6. The quantitative estimate of drug-likeness (QED) is 0.355. The molecule has 3 aromatic rings. The van der Waals surface area contributed by atoms with Gasteiger partial charge in [0.05, 0.1) is 12.7 Å². The molecular formula is C21H14F2I2N2O3. The average molecular weight is 634 g/mol. The maximum absolute atomic E-state index is 13.6. The molecule has 2 amide bonds. The van der Waals surface area contributed by atoms with Crippen LogP contribution in [0.15, 0.2) is 54.6 Å². The predicted octanol–water partition coefficient (Wildman–Crippen LogP) is 5.69. The minimum atomic E-state index is -0.566. The average Bonchev–Trinajstić information content (AvgIpc) is 2.65. The van der Waals surface area contributed by atoms with E-state index in [1.54, 1.807) is 12.1 Å². The Labute approximate surface area is 198 Å². The highest BCUT2D eigenvalue weighted by atomic mass is 127. The molecule has 0 unspecified atom stereocenters. The lowest BCUT2D eigenvalue weighted by Gasteiger charge is -2.12. The summed E-state index contributed by atoms with van der Waals surface area (Å²) >= 11 is 3.88. The summed E-state index contributed by atoms with van der Waals surface area (Å²) in [4.78, 5) is 25.3. The normalized spacial score (nSPS) is 10.4. The zero-order chi connectivity index (χ0) is 21.8. The molecular weight excluding hydrogens is 620 g/mol. The molecule has 0 aliphatic carbocycles. The molecule has 3 aromatic carbocycles. The summed E-state index contributed by atoms with van der Waals surface area (Å²) in [6, 6.07) is 12.6. The Morgan fingerprint density at radius 2 is 1.33 bits per heavy atom. The van der Waals surface area contributed by atoms with Crippen LogP contribution in [0.1, 0.15) is 20.7 Å². The van der Waals surface area contributed by atoms with E-state index in [4.69, 9.17) is 4.74 Å². The van der Waals surface area contributed by atoms with E-state index in [2.05, 4.69) is 10.6 Å². The van der Waals surface area contributed by atoms with Crippen LogP contribution in [-0.4, -0.2) is 18.9 Å². The van der Waals surface area contributed by atoms with Crippen LogP contribution in [0.4, 0.5) is 20.2 Å². The highest BCUT2D eigenvalue weighted by Gasteiger charge is 2.17. The Bertz CT molecular complexity index is 1100. The highest BCUT2D eigenvalue weighted by Crippen LogP contribution is 2.24. The molecule has 0 aromatic heterocycles. The lowest BCUT2D eigenvalue weighted by atomic mass is 10.1. The van der Waals surface area contributed by atoms with Gasteiger partial charge in [-0.1, -0.05) is 0 Å². The molecule has 0 saturated heterocycles. The molecule has 2 N–H and O–H groups in total. The molecule has 3 rings (SSSR count). The number of benzene rings is 3. The number of anilines is 2. The number of ether oxygens (including phenoxy) is 1. The second-order valence-electron chi connectivity index (χ2n) is 6.14. The lowest BCUT2D eigenvalue weighted by molar-refractivity contribution is 0.102. The second-order valence-corrected chi connectivity index (χ2v) is 8.63. The van der Waals surface area contributed by atoms with E-state index in [1.807, 2.05) is 45.2 Å². The fourth-order valence-corrected chi connectivity index (χ4v) is 3.95. The molecule has 0 saturated carbocycles. The van der Waals surface area contributed by atoms with Gasteiger partial charge in [-0.2, -0.15) is 0 Å². The van der Waals surface area contributed by atoms with Crippen LogP contribution >= 0.6 is 45.2 Å². The maximum atomic E-state index is 13.6. The number of carbonyl (C=O) groups excluding carboxylic acids is 2. The van der Waals surface area contributed by atoms with Crippen molar-refractivity contribution in [3.05, 3.63) is 84.5 Å². The summed E-state index contributed by atoms with van der Waals surface area (Å²) in [7, 11) is 1.39. The molecule has 9 heteroatoms. The zero-order valence-electron chi connectivity index (χ0n) is 15.4. The van der Waals surface area contributed by atoms with Crippen LogP contribution in [-0.2, 0) is 0 Å². The van der Waals surface area contributed by atoms with Gasteiger partial charge >= 0.3 is 0 Å². The van der Waals surface area contributed by atoms with Gasteiger partial charge in [0.2, 0.25) is 0 Å². The van der Waals surface area contributed by atoms with Gasteiger partial charge in [0.25, 0.3) is 11.8 Å². The SMILES string of the molecule is COc1ccc(C(=O)Nc2cc(F)cc(I)c2)cc1C(=O)Nc1cc(F)cc(I)c1. The van der Waals surface area contributed by atoms with Gasteiger partial charge in [-0.05, 0) is 99.8 Å². The fraction of sp³-hybridized carbons (Fsp3) is 0.0476. The summed E-state index contributed by atoms with van der Waals surface area (Å²) in [6.45, 7) is 0. The minimum Gasteiger partial charge on any atom is -0.496 e. The van der Waals surface area contributed by atoms with E-state index in [0.29, 0.717) is 12.8 Å². The number of amides is 2. The lowest BCUT2D eigenvalue weighted by Crippen LogP contribution is -2.17. The number of methoxy groups -OCH3 is 1. The summed E-state index contributed by atoms with van der Waals surface area (Å²) in [5.41, 5.74) is 0.837. The third-order valence-electron chi connectivity index (χ3n) is 3.95. The molecule has 0 fully saturated rings. The number of carbonyl (C=O) groups is 2. The van der Waals surface area contributed by atoms with E-state index in [9.17, 15) is 18.4 Å².